The van der Waals surface area contributed by atoms with Crippen LogP contribution in [0.25, 0.3) is 0 Å². The number of alkyl carbamates (subject to hydrolysis) is 1. The largest absolute Gasteiger partial charge is 0.445 e. The van der Waals surface area contributed by atoms with E-state index in [1.807, 2.05) is 53.8 Å². The van der Waals surface area contributed by atoms with Crippen LogP contribution in [0.4, 0.5) is 4.79 Å². The first-order chi connectivity index (χ1) is 13.5. The Morgan fingerprint density at radius 2 is 1.93 bits per heavy atom. The molecule has 8 heteroatoms. The summed E-state index contributed by atoms with van der Waals surface area (Å²) in [5, 5.41) is 6.93. The van der Waals surface area contributed by atoms with Gasteiger partial charge in [0.25, 0.3) is 0 Å². The van der Waals surface area contributed by atoms with Crippen molar-refractivity contribution in [1.29, 1.82) is 0 Å². The highest BCUT2D eigenvalue weighted by Gasteiger charge is 2.32. The van der Waals surface area contributed by atoms with Gasteiger partial charge in [0.05, 0.1) is 6.04 Å². The molecule has 0 saturated carbocycles. The molecule has 0 spiro atoms. The van der Waals surface area contributed by atoms with E-state index in [-0.39, 0.29) is 24.5 Å². The van der Waals surface area contributed by atoms with Gasteiger partial charge < -0.3 is 15.0 Å². The minimum Gasteiger partial charge on any atom is -0.445 e. The molecule has 1 saturated heterocycles. The number of ether oxygens (including phenoxy) is 1. The normalized spacial score (nSPS) is 16.0. The van der Waals surface area contributed by atoms with Crippen molar-refractivity contribution in [2.24, 2.45) is 5.92 Å². The van der Waals surface area contributed by atoms with Crippen molar-refractivity contribution in [3.63, 3.8) is 0 Å². The molecule has 3 rings (SSSR count). The second-order valence-corrected chi connectivity index (χ2v) is 7.36. The highest BCUT2D eigenvalue weighted by atomic mass is 16.5. The van der Waals surface area contributed by atoms with E-state index < -0.39 is 12.1 Å². The summed E-state index contributed by atoms with van der Waals surface area (Å²) in [6.45, 7) is 5.28. The van der Waals surface area contributed by atoms with Gasteiger partial charge in [-0.3, -0.25) is 4.79 Å². The van der Waals surface area contributed by atoms with Crippen LogP contribution in [-0.4, -0.2) is 50.8 Å². The van der Waals surface area contributed by atoms with Crippen molar-refractivity contribution < 1.29 is 14.3 Å². The number of rotatable bonds is 6. The predicted octanol–water partition coefficient (Wildman–Crippen LogP) is 2.39. The molecule has 1 fully saturated rings. The van der Waals surface area contributed by atoms with Gasteiger partial charge in [0.1, 0.15) is 25.3 Å². The Morgan fingerprint density at radius 1 is 1.21 bits per heavy atom. The Bertz CT molecular complexity index is 755. The lowest BCUT2D eigenvalue weighted by atomic mass is 10.00. The van der Waals surface area contributed by atoms with Gasteiger partial charge in [0.15, 0.2) is 0 Å². The highest BCUT2D eigenvalue weighted by Crippen LogP contribution is 2.22. The number of carbonyl (C=O) groups is 2. The van der Waals surface area contributed by atoms with Crippen LogP contribution in [-0.2, 0) is 16.1 Å². The van der Waals surface area contributed by atoms with E-state index in [9.17, 15) is 9.59 Å². The average Bonchev–Trinajstić information content (AvgIpc) is 3.25. The van der Waals surface area contributed by atoms with Crippen molar-refractivity contribution in [3.8, 4) is 0 Å². The highest BCUT2D eigenvalue weighted by molar-refractivity contribution is 5.86. The van der Waals surface area contributed by atoms with E-state index in [2.05, 4.69) is 15.4 Å². The number of nitrogens with zero attached hydrogens (tertiary/aromatic N) is 4. The van der Waals surface area contributed by atoms with Crippen LogP contribution in [0.5, 0.6) is 0 Å². The van der Waals surface area contributed by atoms with E-state index in [0.717, 1.165) is 18.4 Å². The lowest BCUT2D eigenvalue weighted by Crippen LogP contribution is -2.53. The van der Waals surface area contributed by atoms with Gasteiger partial charge in [0, 0.05) is 13.1 Å². The van der Waals surface area contributed by atoms with Crippen LogP contribution in [0.15, 0.2) is 43.0 Å². The number of amides is 2. The summed E-state index contributed by atoms with van der Waals surface area (Å²) >= 11 is 0. The van der Waals surface area contributed by atoms with Crippen molar-refractivity contribution in [2.75, 3.05) is 13.1 Å². The fraction of sp³-hybridized carbons (Fsp3) is 0.500. The van der Waals surface area contributed by atoms with Crippen LogP contribution in [0.2, 0.25) is 0 Å². The van der Waals surface area contributed by atoms with Crippen LogP contribution in [0.3, 0.4) is 0 Å². The van der Waals surface area contributed by atoms with Gasteiger partial charge in [-0.2, -0.15) is 5.10 Å². The van der Waals surface area contributed by atoms with E-state index in [1.54, 1.807) is 6.33 Å². The maximum atomic E-state index is 13.0. The Morgan fingerprint density at radius 3 is 2.54 bits per heavy atom. The summed E-state index contributed by atoms with van der Waals surface area (Å²) in [7, 11) is 0. The predicted molar refractivity (Wildman–Crippen MR) is 103 cm³/mol. The standard InChI is InChI=1S/C20H27N5O3/c1-15(2)18(23-20(27)28-12-16-6-4-3-5-7-16)19(26)24-10-8-17(9-11-24)25-14-21-13-22-25/h3-7,13-15,17-18H,8-12H2,1-2H3,(H,23,27)/t18-/m0/s1. The van der Waals surface area contributed by atoms with Crippen LogP contribution >= 0.6 is 0 Å². The second-order valence-electron chi connectivity index (χ2n) is 7.36. The van der Waals surface area contributed by atoms with Gasteiger partial charge in [-0.1, -0.05) is 44.2 Å². The Balaban J connectivity index is 1.51. The molecule has 0 bridgehead atoms. The zero-order chi connectivity index (χ0) is 19.9. The first-order valence-electron chi connectivity index (χ1n) is 9.64. The van der Waals surface area contributed by atoms with E-state index in [0.29, 0.717) is 13.1 Å². The number of hydrogen-bond donors (Lipinski definition) is 1. The second kappa shape index (κ2) is 9.34. The van der Waals surface area contributed by atoms with Crippen LogP contribution < -0.4 is 5.32 Å². The summed E-state index contributed by atoms with van der Waals surface area (Å²) < 4.78 is 7.12. The molecule has 0 unspecified atom stereocenters. The van der Waals surface area contributed by atoms with Crippen molar-refractivity contribution in [3.05, 3.63) is 48.5 Å². The lowest BCUT2D eigenvalue weighted by Gasteiger charge is -2.35. The van der Waals surface area contributed by atoms with Crippen molar-refractivity contribution in [2.45, 2.75) is 45.4 Å². The van der Waals surface area contributed by atoms with Gasteiger partial charge in [-0.05, 0) is 24.3 Å². The molecule has 1 aliphatic rings. The third kappa shape index (κ3) is 5.09. The third-order valence-corrected chi connectivity index (χ3v) is 5.01. The van der Waals surface area contributed by atoms with Crippen molar-refractivity contribution >= 4 is 12.0 Å². The number of hydrogen-bond acceptors (Lipinski definition) is 5. The summed E-state index contributed by atoms with van der Waals surface area (Å²) in [5.74, 6) is -0.103. The van der Waals surface area contributed by atoms with Gasteiger partial charge >= 0.3 is 6.09 Å². The SMILES string of the molecule is CC(C)[C@H](NC(=O)OCc1ccccc1)C(=O)N1CCC(n2cncn2)CC1. The number of nitrogens with one attached hydrogen (secondary N) is 1. The fourth-order valence-corrected chi connectivity index (χ4v) is 3.36. The first-order valence-corrected chi connectivity index (χ1v) is 9.64. The molecule has 0 aliphatic carbocycles. The zero-order valence-corrected chi connectivity index (χ0v) is 16.3. The number of piperidine rings is 1. The molecule has 1 atom stereocenters. The molecule has 0 radical (unpaired) electrons. The molecule has 2 amide bonds. The molecule has 2 aromatic rings. The Labute approximate surface area is 164 Å². The summed E-state index contributed by atoms with van der Waals surface area (Å²) in [5.41, 5.74) is 0.903. The molecule has 1 aromatic heterocycles. The van der Waals surface area contributed by atoms with E-state index in [4.69, 9.17) is 4.74 Å². The zero-order valence-electron chi connectivity index (χ0n) is 16.3. The molecule has 8 nitrogen and oxygen atoms in total. The average molecular weight is 385 g/mol. The number of carbonyl (C=O) groups excluding carboxylic acids is 2. The molecule has 1 aliphatic heterocycles. The minimum absolute atomic E-state index is 0.0372. The van der Waals surface area contributed by atoms with Gasteiger partial charge in [-0.25, -0.2) is 14.5 Å². The monoisotopic (exact) mass is 385 g/mol. The minimum atomic E-state index is -0.605. The summed E-state index contributed by atoms with van der Waals surface area (Å²) in [6.07, 6.45) is 4.30. The quantitative estimate of drug-likeness (QED) is 0.825. The van der Waals surface area contributed by atoms with Crippen molar-refractivity contribution in [1.82, 2.24) is 25.0 Å². The van der Waals surface area contributed by atoms with Crippen LogP contribution in [0.1, 0.15) is 38.3 Å². The maximum absolute atomic E-state index is 13.0. The molecular weight excluding hydrogens is 358 g/mol. The molecule has 1 N–H and O–H groups in total. The molecular formula is C20H27N5O3. The lowest BCUT2D eigenvalue weighted by molar-refractivity contribution is -0.135. The smallest absolute Gasteiger partial charge is 0.408 e. The van der Waals surface area contributed by atoms with Gasteiger partial charge in [-0.15, -0.1) is 0 Å². The molecule has 28 heavy (non-hydrogen) atoms. The number of aromatic nitrogens is 3. The summed E-state index contributed by atoms with van der Waals surface area (Å²) in [4.78, 5) is 31.0. The van der Waals surface area contributed by atoms with E-state index in [1.165, 1.54) is 6.33 Å². The third-order valence-electron chi connectivity index (χ3n) is 5.01. The number of benzene rings is 1. The topological polar surface area (TPSA) is 89.4 Å². The van der Waals surface area contributed by atoms with Crippen LogP contribution in [0, 0.1) is 5.92 Å². The molecule has 150 valence electrons. The molecule has 1 aromatic carbocycles. The first kappa shape index (κ1) is 19.9. The Kier molecular flexibility index (Phi) is 6.62. The van der Waals surface area contributed by atoms with E-state index >= 15 is 0 Å². The summed E-state index contributed by atoms with van der Waals surface area (Å²) in [6, 6.07) is 9.11. The maximum Gasteiger partial charge on any atom is 0.408 e. The number of likely N-dealkylation sites (tertiary alicyclic amines) is 1. The fourth-order valence-electron chi connectivity index (χ4n) is 3.36. The van der Waals surface area contributed by atoms with Gasteiger partial charge in [0.2, 0.25) is 5.91 Å². The molecule has 2 heterocycles. The Hall–Kier alpha value is -2.90.